The fourth-order valence-electron chi connectivity index (χ4n) is 2.45. The monoisotopic (exact) mass is 399 g/mol. The number of anilines is 1. The number of nitrogens with two attached hydrogens (primary N) is 1. The Balaban J connectivity index is 2.35. The van der Waals surface area contributed by atoms with Gasteiger partial charge in [0.05, 0.1) is 5.69 Å². The molecular weight excluding hydrogens is 380 g/mol. The first kappa shape index (κ1) is 21.1. The van der Waals surface area contributed by atoms with Crippen molar-refractivity contribution >= 4 is 46.8 Å². The molecule has 0 saturated heterocycles. The van der Waals surface area contributed by atoms with Gasteiger partial charge in [0, 0.05) is 10.6 Å². The van der Waals surface area contributed by atoms with E-state index in [0.29, 0.717) is 23.9 Å². The predicted molar refractivity (Wildman–Crippen MR) is 108 cm³/mol. The zero-order valence-corrected chi connectivity index (χ0v) is 16.1. The summed E-state index contributed by atoms with van der Waals surface area (Å²) in [5.74, 6) is -1.30. The second-order valence-electron chi connectivity index (χ2n) is 5.99. The molecule has 1 unspecified atom stereocenters. The predicted octanol–water partition coefficient (Wildman–Crippen LogP) is 2.01. The fraction of sp³-hybridized carbons (Fsp3) is 0.158. The summed E-state index contributed by atoms with van der Waals surface area (Å²) in [5.41, 5.74) is 8.84. The van der Waals surface area contributed by atoms with Crippen LogP contribution in [0, 0.1) is 19.8 Å². The Labute approximate surface area is 164 Å². The summed E-state index contributed by atoms with van der Waals surface area (Å²) in [6, 6.07) is 11.3. The minimum Gasteiger partial charge on any atom is -0.768 e. The molecular formula is C19H19N4O4S-. The smallest absolute Gasteiger partial charge is 0.222 e. The second-order valence-corrected chi connectivity index (χ2v) is 6.94. The molecule has 2 rings (SSSR count). The summed E-state index contributed by atoms with van der Waals surface area (Å²) in [6.07, 6.45) is 0.903. The molecule has 0 fully saturated rings. The normalized spacial score (nSPS) is 13.3. The molecule has 8 nitrogen and oxygen atoms in total. The van der Waals surface area contributed by atoms with E-state index in [1.807, 2.05) is 32.0 Å². The Morgan fingerprint density at radius 3 is 2.18 bits per heavy atom. The van der Waals surface area contributed by atoms with Gasteiger partial charge in [0.2, 0.25) is 5.96 Å². The molecule has 3 N–H and O–H groups in total. The van der Waals surface area contributed by atoms with Crippen molar-refractivity contribution in [2.75, 3.05) is 5.32 Å². The van der Waals surface area contributed by atoms with Crippen LogP contribution in [0.4, 0.5) is 11.4 Å². The lowest BCUT2D eigenvalue weighted by Crippen LogP contribution is -2.28. The van der Waals surface area contributed by atoms with Crippen molar-refractivity contribution in [1.29, 1.82) is 0 Å². The first-order valence-corrected chi connectivity index (χ1v) is 9.28. The summed E-state index contributed by atoms with van der Waals surface area (Å²) in [6.45, 7) is 3.83. The van der Waals surface area contributed by atoms with E-state index in [-0.39, 0.29) is 16.7 Å². The largest absolute Gasteiger partial charge is 0.768 e. The maximum Gasteiger partial charge on any atom is 0.222 e. The topological polar surface area (TPSA) is 137 Å². The number of nitrogens with one attached hydrogen (secondary N) is 1. The molecule has 0 aliphatic rings. The number of hydrogen-bond donors (Lipinski definition) is 2. The Hall–Kier alpha value is -3.17. The number of rotatable bonds is 6. The third-order valence-corrected chi connectivity index (χ3v) is 4.27. The first-order valence-electron chi connectivity index (χ1n) is 8.20. The molecule has 0 heterocycles. The van der Waals surface area contributed by atoms with Gasteiger partial charge in [-0.25, -0.2) is 4.99 Å². The van der Waals surface area contributed by atoms with Gasteiger partial charge in [0.25, 0.3) is 0 Å². The van der Waals surface area contributed by atoms with E-state index in [0.717, 1.165) is 11.1 Å². The first-order chi connectivity index (χ1) is 13.3. The van der Waals surface area contributed by atoms with Crippen LogP contribution in [0.2, 0.25) is 0 Å². The van der Waals surface area contributed by atoms with Crippen molar-refractivity contribution in [1.82, 2.24) is 0 Å². The summed E-state index contributed by atoms with van der Waals surface area (Å²) >= 11 is -2.34. The number of benzene rings is 2. The zero-order valence-electron chi connectivity index (χ0n) is 15.3. The quantitative estimate of drug-likeness (QED) is 0.251. The van der Waals surface area contributed by atoms with Gasteiger partial charge in [-0.3, -0.25) is 4.21 Å². The van der Waals surface area contributed by atoms with Crippen LogP contribution in [0.25, 0.3) is 0 Å². The van der Waals surface area contributed by atoms with E-state index in [2.05, 4.69) is 15.3 Å². The Bertz CT molecular complexity index is 927. The van der Waals surface area contributed by atoms with Crippen LogP contribution >= 0.6 is 0 Å². The SMILES string of the molecule is Cc1cc(C)cc(NC(=NC(N)=Nc2ccc(S(=O)[O-])cc2)C(C=O)C=O)c1. The number of amidine groups is 1. The van der Waals surface area contributed by atoms with Gasteiger partial charge in [0.15, 0.2) is 0 Å². The highest BCUT2D eigenvalue weighted by atomic mass is 32.2. The Kier molecular flexibility index (Phi) is 7.30. The van der Waals surface area contributed by atoms with Crippen LogP contribution in [0.15, 0.2) is 57.3 Å². The lowest BCUT2D eigenvalue weighted by Gasteiger charge is -2.13. The number of carbonyl (C=O) groups excluding carboxylic acids is 2. The number of aryl methyl sites for hydroxylation is 2. The second kappa shape index (κ2) is 9.67. The number of guanidine groups is 1. The highest BCUT2D eigenvalue weighted by molar-refractivity contribution is 7.79. The minimum absolute atomic E-state index is 0.0357. The molecule has 146 valence electrons. The third kappa shape index (κ3) is 5.93. The molecule has 0 aliphatic carbocycles. The molecule has 9 heteroatoms. The number of carbonyl (C=O) groups is 2. The maximum absolute atomic E-state index is 11.3. The number of hydrogen-bond acceptors (Lipinski definition) is 5. The van der Waals surface area contributed by atoms with Gasteiger partial charge in [-0.2, -0.15) is 4.99 Å². The molecule has 0 aromatic heterocycles. The van der Waals surface area contributed by atoms with Crippen LogP contribution in [0.5, 0.6) is 0 Å². The molecule has 0 amide bonds. The van der Waals surface area contributed by atoms with Gasteiger partial charge < -0.3 is 25.2 Å². The van der Waals surface area contributed by atoms with Gasteiger partial charge in [-0.05, 0) is 72.5 Å². The maximum atomic E-state index is 11.3. The third-order valence-electron chi connectivity index (χ3n) is 3.61. The molecule has 0 aliphatic heterocycles. The molecule has 0 saturated carbocycles. The highest BCUT2D eigenvalue weighted by Gasteiger charge is 2.16. The van der Waals surface area contributed by atoms with E-state index in [1.54, 1.807) is 0 Å². The van der Waals surface area contributed by atoms with E-state index < -0.39 is 17.0 Å². The summed E-state index contributed by atoms with van der Waals surface area (Å²) in [5, 5.41) is 2.95. The lowest BCUT2D eigenvalue weighted by molar-refractivity contribution is -0.116. The van der Waals surface area contributed by atoms with Crippen molar-refractivity contribution < 1.29 is 18.4 Å². The van der Waals surface area contributed by atoms with Gasteiger partial charge in [0.1, 0.15) is 24.3 Å². The number of aldehydes is 2. The molecule has 2 aromatic carbocycles. The highest BCUT2D eigenvalue weighted by Crippen LogP contribution is 2.16. The summed E-state index contributed by atoms with van der Waals surface area (Å²) in [7, 11) is 0. The Morgan fingerprint density at radius 1 is 1.11 bits per heavy atom. The van der Waals surface area contributed by atoms with E-state index >= 15 is 0 Å². The average molecular weight is 399 g/mol. The zero-order chi connectivity index (χ0) is 20.7. The fourth-order valence-corrected chi connectivity index (χ4v) is 2.81. The average Bonchev–Trinajstić information content (AvgIpc) is 2.62. The van der Waals surface area contributed by atoms with Crippen LogP contribution in [0.3, 0.4) is 0 Å². The van der Waals surface area contributed by atoms with Crippen molar-refractivity contribution in [3.05, 3.63) is 53.6 Å². The van der Waals surface area contributed by atoms with Crippen LogP contribution in [-0.4, -0.2) is 33.1 Å². The van der Waals surface area contributed by atoms with E-state index in [4.69, 9.17) is 5.73 Å². The van der Waals surface area contributed by atoms with E-state index in [1.165, 1.54) is 24.3 Å². The summed E-state index contributed by atoms with van der Waals surface area (Å²) in [4.78, 5) is 30.8. The molecule has 28 heavy (non-hydrogen) atoms. The van der Waals surface area contributed by atoms with Gasteiger partial charge in [-0.15, -0.1) is 0 Å². The van der Waals surface area contributed by atoms with Crippen molar-refractivity contribution in [3.8, 4) is 0 Å². The minimum atomic E-state index is -2.34. The van der Waals surface area contributed by atoms with Crippen LogP contribution < -0.4 is 11.1 Å². The number of aliphatic imine (C=N–C) groups is 2. The summed E-state index contributed by atoms with van der Waals surface area (Å²) < 4.78 is 21.8. The number of nitrogens with zero attached hydrogens (tertiary/aromatic N) is 2. The molecule has 2 aromatic rings. The molecule has 0 spiro atoms. The van der Waals surface area contributed by atoms with Gasteiger partial charge >= 0.3 is 0 Å². The standard InChI is InChI=1S/C19H20N4O4S/c1-12-7-13(2)9-16(8-12)21-18(14(10-24)11-25)23-19(20)22-15-3-5-17(6-4-15)28(26)27/h3-11,14H,1-2H3,(H,26,27)(H3,20,21,22,23)/p-1. The van der Waals surface area contributed by atoms with Crippen molar-refractivity contribution in [2.24, 2.45) is 21.6 Å². The lowest BCUT2D eigenvalue weighted by atomic mass is 10.1. The van der Waals surface area contributed by atoms with Crippen molar-refractivity contribution in [3.63, 3.8) is 0 Å². The molecule has 1 atom stereocenters. The van der Waals surface area contributed by atoms with Crippen molar-refractivity contribution in [2.45, 2.75) is 18.7 Å². The van der Waals surface area contributed by atoms with Crippen LogP contribution in [-0.2, 0) is 20.7 Å². The van der Waals surface area contributed by atoms with E-state index in [9.17, 15) is 18.4 Å². The van der Waals surface area contributed by atoms with Gasteiger partial charge in [-0.1, -0.05) is 6.07 Å². The molecule has 0 radical (unpaired) electrons. The Morgan fingerprint density at radius 2 is 1.68 bits per heavy atom. The van der Waals surface area contributed by atoms with Crippen LogP contribution in [0.1, 0.15) is 11.1 Å². The molecule has 0 bridgehead atoms.